The molecule has 0 aliphatic heterocycles. The number of sulfonamides is 1. The Morgan fingerprint density at radius 3 is 2.89 bits per heavy atom. The maximum atomic E-state index is 11.9. The first-order chi connectivity index (χ1) is 8.53. The standard InChI is InChI=1S/C9H9N3O4S2/c1-10-9(13)7-4-6(5-17-7)18(14,15)12-8-2-3-16-11-8/h2-5H,1H3,(H,10,13)(H,11,12). The predicted molar refractivity (Wildman–Crippen MR) is 65.0 cm³/mol. The van der Waals surface area contributed by atoms with Crippen LogP contribution in [-0.4, -0.2) is 26.5 Å². The number of hydrogen-bond donors (Lipinski definition) is 2. The molecule has 9 heteroatoms. The van der Waals surface area contributed by atoms with Crippen molar-refractivity contribution in [2.45, 2.75) is 4.90 Å². The molecular weight excluding hydrogens is 278 g/mol. The lowest BCUT2D eigenvalue weighted by molar-refractivity contribution is 0.0967. The smallest absolute Gasteiger partial charge is 0.263 e. The molecule has 0 radical (unpaired) electrons. The first-order valence-corrected chi connectivity index (χ1v) is 7.13. The Hall–Kier alpha value is -1.87. The van der Waals surface area contributed by atoms with Crippen molar-refractivity contribution in [3.05, 3.63) is 28.7 Å². The molecule has 0 saturated heterocycles. The lowest BCUT2D eigenvalue weighted by Gasteiger charge is -2.01. The monoisotopic (exact) mass is 287 g/mol. The third kappa shape index (κ3) is 2.51. The van der Waals surface area contributed by atoms with E-state index in [1.807, 2.05) is 0 Å². The van der Waals surface area contributed by atoms with E-state index in [2.05, 4.69) is 19.7 Å². The van der Waals surface area contributed by atoms with Crippen LogP contribution >= 0.6 is 11.3 Å². The van der Waals surface area contributed by atoms with Crippen LogP contribution in [0.4, 0.5) is 5.82 Å². The molecule has 2 rings (SSSR count). The number of aromatic nitrogens is 1. The van der Waals surface area contributed by atoms with Crippen molar-refractivity contribution in [2.24, 2.45) is 0 Å². The molecule has 0 fully saturated rings. The number of carbonyl (C=O) groups is 1. The normalized spacial score (nSPS) is 11.2. The average molecular weight is 287 g/mol. The maximum absolute atomic E-state index is 11.9. The minimum atomic E-state index is -3.75. The van der Waals surface area contributed by atoms with Gasteiger partial charge in [-0.25, -0.2) is 8.42 Å². The molecule has 0 saturated carbocycles. The SMILES string of the molecule is CNC(=O)c1cc(S(=O)(=O)Nc2ccon2)cs1. The number of nitrogens with zero attached hydrogens (tertiary/aromatic N) is 1. The van der Waals surface area contributed by atoms with Gasteiger partial charge >= 0.3 is 0 Å². The first kappa shape index (κ1) is 12.6. The van der Waals surface area contributed by atoms with E-state index in [-0.39, 0.29) is 16.6 Å². The van der Waals surface area contributed by atoms with Crippen molar-refractivity contribution in [3.63, 3.8) is 0 Å². The Morgan fingerprint density at radius 2 is 2.28 bits per heavy atom. The fraction of sp³-hybridized carbons (Fsp3) is 0.111. The zero-order chi connectivity index (χ0) is 13.2. The molecule has 2 heterocycles. The van der Waals surface area contributed by atoms with E-state index in [1.54, 1.807) is 0 Å². The van der Waals surface area contributed by atoms with Gasteiger partial charge in [-0.2, -0.15) is 0 Å². The second-order valence-corrected chi connectivity index (χ2v) is 5.81. The summed E-state index contributed by atoms with van der Waals surface area (Å²) in [7, 11) is -2.27. The molecule has 0 aliphatic carbocycles. The summed E-state index contributed by atoms with van der Waals surface area (Å²) in [6.45, 7) is 0. The Bertz CT molecular complexity index is 645. The molecule has 0 spiro atoms. The molecule has 0 aliphatic rings. The van der Waals surface area contributed by atoms with Crippen molar-refractivity contribution in [1.82, 2.24) is 10.5 Å². The van der Waals surface area contributed by atoms with Gasteiger partial charge in [-0.3, -0.25) is 9.52 Å². The second kappa shape index (κ2) is 4.78. The van der Waals surface area contributed by atoms with Crippen molar-refractivity contribution < 1.29 is 17.7 Å². The van der Waals surface area contributed by atoms with Crippen molar-refractivity contribution in [1.29, 1.82) is 0 Å². The lowest BCUT2D eigenvalue weighted by atomic mass is 10.4. The largest absolute Gasteiger partial charge is 0.363 e. The minimum Gasteiger partial charge on any atom is -0.363 e. The predicted octanol–water partition coefficient (Wildman–Crippen LogP) is 0.896. The van der Waals surface area contributed by atoms with Crippen LogP contribution in [0.5, 0.6) is 0 Å². The van der Waals surface area contributed by atoms with Gasteiger partial charge in [0.1, 0.15) is 6.26 Å². The van der Waals surface area contributed by atoms with Crippen LogP contribution in [0.1, 0.15) is 9.67 Å². The van der Waals surface area contributed by atoms with Crippen LogP contribution in [0, 0.1) is 0 Å². The summed E-state index contributed by atoms with van der Waals surface area (Å²) >= 11 is 1.05. The van der Waals surface area contributed by atoms with Gasteiger partial charge in [-0.15, -0.1) is 11.3 Å². The zero-order valence-electron chi connectivity index (χ0n) is 9.21. The lowest BCUT2D eigenvalue weighted by Crippen LogP contribution is -2.16. The van der Waals surface area contributed by atoms with E-state index in [0.717, 1.165) is 11.3 Å². The second-order valence-electron chi connectivity index (χ2n) is 3.22. The summed E-state index contributed by atoms with van der Waals surface area (Å²) in [5, 5.41) is 7.25. The van der Waals surface area contributed by atoms with Crippen LogP contribution in [0.2, 0.25) is 0 Å². The molecule has 96 valence electrons. The Balaban J connectivity index is 2.25. The summed E-state index contributed by atoms with van der Waals surface area (Å²) in [5.74, 6) is -0.245. The van der Waals surface area contributed by atoms with Crippen molar-refractivity contribution in [2.75, 3.05) is 11.8 Å². The third-order valence-corrected chi connectivity index (χ3v) is 4.43. The number of carbonyl (C=O) groups excluding carboxylic acids is 1. The average Bonchev–Trinajstić information content (AvgIpc) is 2.97. The molecule has 2 N–H and O–H groups in total. The van der Waals surface area contributed by atoms with E-state index in [4.69, 9.17) is 0 Å². The van der Waals surface area contributed by atoms with Crippen LogP contribution < -0.4 is 10.0 Å². The van der Waals surface area contributed by atoms with Gasteiger partial charge in [0.25, 0.3) is 15.9 Å². The van der Waals surface area contributed by atoms with E-state index in [1.165, 1.54) is 30.8 Å². The van der Waals surface area contributed by atoms with E-state index in [9.17, 15) is 13.2 Å². The highest BCUT2D eigenvalue weighted by molar-refractivity contribution is 7.92. The summed E-state index contributed by atoms with van der Waals surface area (Å²) < 4.78 is 30.6. The van der Waals surface area contributed by atoms with Crippen LogP contribution in [0.3, 0.4) is 0 Å². The van der Waals surface area contributed by atoms with E-state index in [0.29, 0.717) is 4.88 Å². The summed E-state index contributed by atoms with van der Waals surface area (Å²) in [4.78, 5) is 11.7. The highest BCUT2D eigenvalue weighted by Gasteiger charge is 2.19. The topological polar surface area (TPSA) is 101 Å². The van der Waals surface area contributed by atoms with E-state index < -0.39 is 10.0 Å². The first-order valence-electron chi connectivity index (χ1n) is 4.77. The third-order valence-electron chi connectivity index (χ3n) is 2.01. The molecule has 2 aromatic heterocycles. The fourth-order valence-electron chi connectivity index (χ4n) is 1.16. The highest BCUT2D eigenvalue weighted by atomic mass is 32.2. The maximum Gasteiger partial charge on any atom is 0.263 e. The molecule has 0 atom stereocenters. The number of hydrogen-bond acceptors (Lipinski definition) is 6. The van der Waals surface area contributed by atoms with Crippen LogP contribution in [0.15, 0.2) is 33.2 Å². The molecule has 1 amide bonds. The Labute approximate surface area is 107 Å². The molecule has 0 unspecified atom stereocenters. The van der Waals surface area contributed by atoms with Crippen LogP contribution in [0.25, 0.3) is 0 Å². The number of amides is 1. The molecule has 0 bridgehead atoms. The van der Waals surface area contributed by atoms with Gasteiger partial charge in [0, 0.05) is 18.5 Å². The molecule has 2 aromatic rings. The van der Waals surface area contributed by atoms with Gasteiger partial charge < -0.3 is 9.84 Å². The van der Waals surface area contributed by atoms with E-state index >= 15 is 0 Å². The highest BCUT2D eigenvalue weighted by Crippen LogP contribution is 2.21. The molecule has 7 nitrogen and oxygen atoms in total. The summed E-state index contributed by atoms with van der Waals surface area (Å²) in [5.41, 5.74) is 0. The van der Waals surface area contributed by atoms with Gasteiger partial charge in [0.15, 0.2) is 5.82 Å². The summed E-state index contributed by atoms with van der Waals surface area (Å²) in [6.07, 6.45) is 1.25. The Morgan fingerprint density at radius 1 is 1.50 bits per heavy atom. The molecule has 18 heavy (non-hydrogen) atoms. The molecule has 0 aromatic carbocycles. The van der Waals surface area contributed by atoms with Gasteiger partial charge in [0.2, 0.25) is 0 Å². The zero-order valence-corrected chi connectivity index (χ0v) is 10.8. The number of rotatable bonds is 4. The van der Waals surface area contributed by atoms with Crippen molar-refractivity contribution in [3.8, 4) is 0 Å². The number of anilines is 1. The van der Waals surface area contributed by atoms with Gasteiger partial charge in [0.05, 0.1) is 9.77 Å². The minimum absolute atomic E-state index is 0.00843. The van der Waals surface area contributed by atoms with Crippen LogP contribution in [-0.2, 0) is 10.0 Å². The Kier molecular flexibility index (Phi) is 3.34. The van der Waals surface area contributed by atoms with Gasteiger partial charge in [-0.1, -0.05) is 5.16 Å². The molecular formula is C9H9N3O4S2. The summed E-state index contributed by atoms with van der Waals surface area (Å²) in [6, 6.07) is 2.68. The van der Waals surface area contributed by atoms with Gasteiger partial charge in [-0.05, 0) is 6.07 Å². The fourth-order valence-corrected chi connectivity index (χ4v) is 3.38. The number of nitrogens with one attached hydrogen (secondary N) is 2. The quantitative estimate of drug-likeness (QED) is 0.869. The van der Waals surface area contributed by atoms with Crippen molar-refractivity contribution >= 4 is 33.1 Å². The number of thiophene rings is 1.